The predicted octanol–water partition coefficient (Wildman–Crippen LogP) is 1.71. The van der Waals surface area contributed by atoms with Crippen LogP contribution in [-0.4, -0.2) is 26.2 Å². The molecule has 1 aliphatic rings. The Labute approximate surface area is 108 Å². The van der Waals surface area contributed by atoms with Crippen LogP contribution in [0.4, 0.5) is 4.39 Å². The zero-order chi connectivity index (χ0) is 12.5. The van der Waals surface area contributed by atoms with E-state index in [1.54, 1.807) is 6.07 Å². The lowest BCUT2D eigenvalue weighted by atomic mass is 10.3. The number of hydrogen-bond acceptors (Lipinski definition) is 4. The summed E-state index contributed by atoms with van der Waals surface area (Å²) in [5, 5.41) is 15.1. The van der Waals surface area contributed by atoms with Crippen molar-refractivity contribution in [3.63, 3.8) is 0 Å². The molecule has 0 atom stereocenters. The van der Waals surface area contributed by atoms with Gasteiger partial charge in [0.25, 0.3) is 0 Å². The Morgan fingerprint density at radius 2 is 2.28 bits per heavy atom. The maximum atomic E-state index is 13.0. The summed E-state index contributed by atoms with van der Waals surface area (Å²) >= 11 is 5.99. The van der Waals surface area contributed by atoms with Gasteiger partial charge in [0, 0.05) is 6.04 Å². The molecule has 1 fully saturated rings. The van der Waals surface area contributed by atoms with Crippen molar-refractivity contribution in [3.8, 4) is 5.69 Å². The molecule has 0 bridgehead atoms. The van der Waals surface area contributed by atoms with E-state index in [0.29, 0.717) is 24.1 Å². The highest BCUT2D eigenvalue weighted by molar-refractivity contribution is 6.32. The third-order valence-electron chi connectivity index (χ3n) is 2.80. The van der Waals surface area contributed by atoms with Crippen LogP contribution in [0, 0.1) is 5.82 Å². The van der Waals surface area contributed by atoms with Crippen molar-refractivity contribution in [2.75, 3.05) is 0 Å². The quantitative estimate of drug-likeness (QED) is 0.916. The number of halogens is 2. The van der Waals surface area contributed by atoms with Gasteiger partial charge in [-0.1, -0.05) is 11.6 Å². The molecule has 0 spiro atoms. The van der Waals surface area contributed by atoms with Crippen LogP contribution in [0.5, 0.6) is 0 Å². The molecule has 0 saturated heterocycles. The molecule has 1 saturated carbocycles. The summed E-state index contributed by atoms with van der Waals surface area (Å²) in [5.41, 5.74) is 0.579. The highest BCUT2D eigenvalue weighted by atomic mass is 35.5. The molecule has 1 aromatic carbocycles. The zero-order valence-electron chi connectivity index (χ0n) is 9.48. The molecule has 3 rings (SSSR count). The maximum absolute atomic E-state index is 13.0. The first-order chi connectivity index (χ1) is 8.74. The molecular weight excluding hydrogens is 257 g/mol. The average Bonchev–Trinajstić information content (AvgIpc) is 3.06. The molecule has 1 N–H and O–H groups in total. The minimum atomic E-state index is -0.380. The average molecular weight is 268 g/mol. The van der Waals surface area contributed by atoms with Gasteiger partial charge in [0.2, 0.25) is 0 Å². The van der Waals surface area contributed by atoms with Gasteiger partial charge in [0.1, 0.15) is 5.82 Å². The molecule has 5 nitrogen and oxygen atoms in total. The molecule has 18 heavy (non-hydrogen) atoms. The van der Waals surface area contributed by atoms with E-state index >= 15 is 0 Å². The van der Waals surface area contributed by atoms with Gasteiger partial charge in [-0.25, -0.2) is 4.39 Å². The lowest BCUT2D eigenvalue weighted by Crippen LogP contribution is -2.19. The van der Waals surface area contributed by atoms with Crippen molar-refractivity contribution in [2.24, 2.45) is 0 Å². The smallest absolute Gasteiger partial charge is 0.170 e. The summed E-state index contributed by atoms with van der Waals surface area (Å²) in [6.45, 7) is 0.575. The fraction of sp³-hybridized carbons (Fsp3) is 0.364. The number of rotatable bonds is 4. The second-order valence-electron chi connectivity index (χ2n) is 4.26. The van der Waals surface area contributed by atoms with Crippen LogP contribution in [0.25, 0.3) is 5.69 Å². The normalized spacial score (nSPS) is 15.0. The lowest BCUT2D eigenvalue weighted by Gasteiger charge is -2.07. The Hall–Kier alpha value is -1.53. The molecule has 0 amide bonds. The minimum Gasteiger partial charge on any atom is -0.307 e. The van der Waals surface area contributed by atoms with Crippen LogP contribution < -0.4 is 5.32 Å². The summed E-state index contributed by atoms with van der Waals surface area (Å²) in [6.07, 6.45) is 2.39. The van der Waals surface area contributed by atoms with E-state index in [4.69, 9.17) is 11.6 Å². The first-order valence-electron chi connectivity index (χ1n) is 5.70. The van der Waals surface area contributed by atoms with Gasteiger partial charge in [0.05, 0.1) is 17.3 Å². The molecule has 1 aromatic heterocycles. The Kier molecular flexibility index (Phi) is 2.97. The molecule has 1 aliphatic carbocycles. The first kappa shape index (κ1) is 11.6. The van der Waals surface area contributed by atoms with Gasteiger partial charge >= 0.3 is 0 Å². The van der Waals surface area contributed by atoms with E-state index in [2.05, 4.69) is 20.8 Å². The Morgan fingerprint density at radius 1 is 1.44 bits per heavy atom. The largest absolute Gasteiger partial charge is 0.307 e. The summed E-state index contributed by atoms with van der Waals surface area (Å²) in [4.78, 5) is 0. The van der Waals surface area contributed by atoms with Crippen molar-refractivity contribution in [3.05, 3.63) is 34.9 Å². The van der Waals surface area contributed by atoms with E-state index in [0.717, 1.165) is 0 Å². The van der Waals surface area contributed by atoms with Gasteiger partial charge < -0.3 is 5.32 Å². The Bertz CT molecular complexity index is 566. The number of tetrazole rings is 1. The van der Waals surface area contributed by atoms with E-state index in [1.807, 2.05) is 0 Å². The number of nitrogens with one attached hydrogen (secondary N) is 1. The summed E-state index contributed by atoms with van der Waals surface area (Å²) < 4.78 is 14.5. The molecular formula is C11H11ClFN5. The van der Waals surface area contributed by atoms with Crippen LogP contribution in [0.3, 0.4) is 0 Å². The van der Waals surface area contributed by atoms with Crippen molar-refractivity contribution >= 4 is 11.6 Å². The molecule has 7 heteroatoms. The lowest BCUT2D eigenvalue weighted by molar-refractivity contribution is 0.623. The first-order valence-corrected chi connectivity index (χ1v) is 6.08. The summed E-state index contributed by atoms with van der Waals surface area (Å²) in [5.74, 6) is 0.282. The van der Waals surface area contributed by atoms with E-state index in [9.17, 15) is 4.39 Å². The topological polar surface area (TPSA) is 55.6 Å². The highest BCUT2D eigenvalue weighted by Gasteiger charge is 2.21. The van der Waals surface area contributed by atoms with E-state index in [1.165, 1.54) is 29.7 Å². The minimum absolute atomic E-state index is 0.287. The second-order valence-corrected chi connectivity index (χ2v) is 4.67. The Morgan fingerprint density at radius 3 is 3.00 bits per heavy atom. The third kappa shape index (κ3) is 2.34. The van der Waals surface area contributed by atoms with Crippen LogP contribution in [0.2, 0.25) is 5.02 Å². The van der Waals surface area contributed by atoms with Crippen LogP contribution >= 0.6 is 11.6 Å². The molecule has 94 valence electrons. The van der Waals surface area contributed by atoms with Gasteiger partial charge in [-0.15, -0.1) is 5.10 Å². The summed E-state index contributed by atoms with van der Waals surface area (Å²) in [6, 6.07) is 4.71. The van der Waals surface area contributed by atoms with Crippen molar-refractivity contribution in [1.82, 2.24) is 25.5 Å². The van der Waals surface area contributed by atoms with Crippen molar-refractivity contribution in [2.45, 2.75) is 25.4 Å². The van der Waals surface area contributed by atoms with Gasteiger partial charge in [-0.2, -0.15) is 4.68 Å². The second kappa shape index (κ2) is 4.62. The molecule has 0 unspecified atom stereocenters. The Balaban J connectivity index is 1.88. The zero-order valence-corrected chi connectivity index (χ0v) is 10.2. The van der Waals surface area contributed by atoms with Crippen LogP contribution in [-0.2, 0) is 6.54 Å². The SMILES string of the molecule is Fc1ccc(-n2nnnc2CNC2CC2)c(Cl)c1. The number of aromatic nitrogens is 4. The number of benzene rings is 1. The fourth-order valence-corrected chi connectivity index (χ4v) is 1.93. The fourth-order valence-electron chi connectivity index (χ4n) is 1.68. The highest BCUT2D eigenvalue weighted by Crippen LogP contribution is 2.22. The monoisotopic (exact) mass is 267 g/mol. The van der Waals surface area contributed by atoms with Crippen molar-refractivity contribution < 1.29 is 4.39 Å². The molecule has 1 heterocycles. The van der Waals surface area contributed by atoms with Crippen molar-refractivity contribution in [1.29, 1.82) is 0 Å². The number of hydrogen-bond donors (Lipinski definition) is 1. The maximum Gasteiger partial charge on any atom is 0.170 e. The van der Waals surface area contributed by atoms with Crippen LogP contribution in [0.15, 0.2) is 18.2 Å². The van der Waals surface area contributed by atoms with Gasteiger partial charge in [-0.3, -0.25) is 0 Å². The predicted molar refractivity (Wildman–Crippen MR) is 64.0 cm³/mol. The number of nitrogens with zero attached hydrogens (tertiary/aromatic N) is 4. The molecule has 0 radical (unpaired) electrons. The van der Waals surface area contributed by atoms with E-state index < -0.39 is 0 Å². The molecule has 0 aliphatic heterocycles. The third-order valence-corrected chi connectivity index (χ3v) is 3.10. The molecule has 2 aromatic rings. The van der Waals surface area contributed by atoms with Gasteiger partial charge in [0.15, 0.2) is 5.82 Å². The standard InChI is InChI=1S/C11H11ClFN5/c12-9-5-7(13)1-4-10(9)18-11(15-16-17-18)6-14-8-2-3-8/h1,4-5,8,14H,2-3,6H2. The van der Waals surface area contributed by atoms with E-state index in [-0.39, 0.29) is 10.8 Å². The summed E-state index contributed by atoms with van der Waals surface area (Å²) in [7, 11) is 0. The van der Waals surface area contributed by atoms with Gasteiger partial charge in [-0.05, 0) is 41.5 Å². The van der Waals surface area contributed by atoms with Crippen LogP contribution in [0.1, 0.15) is 18.7 Å².